The Morgan fingerprint density at radius 1 is 1.47 bits per heavy atom. The summed E-state index contributed by atoms with van der Waals surface area (Å²) in [4.78, 5) is 16.8. The highest BCUT2D eigenvalue weighted by molar-refractivity contribution is 5.50. The first kappa shape index (κ1) is 13.7. The van der Waals surface area contributed by atoms with Crippen molar-refractivity contribution in [2.45, 2.75) is 38.7 Å². The second kappa shape index (κ2) is 5.13. The van der Waals surface area contributed by atoms with E-state index < -0.39 is 5.60 Å². The summed E-state index contributed by atoms with van der Waals surface area (Å²) in [6.45, 7) is 4.95. The fourth-order valence-corrected chi connectivity index (χ4v) is 2.36. The van der Waals surface area contributed by atoms with Crippen molar-refractivity contribution in [2.24, 2.45) is 0 Å². The lowest BCUT2D eigenvalue weighted by atomic mass is 9.98. The molecule has 0 aliphatic carbocycles. The SMILES string of the molecule is Cc1cnc(N2CCCC(C)(O)CC2)cc1[N+](=O)[O-]. The van der Waals surface area contributed by atoms with Crippen molar-refractivity contribution in [3.05, 3.63) is 27.9 Å². The Morgan fingerprint density at radius 3 is 2.89 bits per heavy atom. The highest BCUT2D eigenvalue weighted by Gasteiger charge is 2.26. The van der Waals surface area contributed by atoms with E-state index in [0.717, 1.165) is 19.4 Å². The minimum atomic E-state index is -0.647. The molecule has 6 heteroatoms. The van der Waals surface area contributed by atoms with Crippen molar-refractivity contribution < 1.29 is 10.0 Å². The summed E-state index contributed by atoms with van der Waals surface area (Å²) in [6, 6.07) is 1.52. The summed E-state index contributed by atoms with van der Waals surface area (Å²) in [7, 11) is 0. The fourth-order valence-electron chi connectivity index (χ4n) is 2.36. The van der Waals surface area contributed by atoms with Crippen molar-refractivity contribution in [3.8, 4) is 0 Å². The molecular weight excluding hydrogens is 246 g/mol. The maximum atomic E-state index is 10.9. The average molecular weight is 265 g/mol. The Kier molecular flexibility index (Phi) is 3.71. The predicted molar refractivity (Wildman–Crippen MR) is 72.3 cm³/mol. The molecule has 0 amide bonds. The molecule has 1 aliphatic rings. The Balaban J connectivity index is 2.22. The van der Waals surface area contributed by atoms with Gasteiger partial charge in [0.2, 0.25) is 0 Å². The zero-order valence-corrected chi connectivity index (χ0v) is 11.3. The van der Waals surface area contributed by atoms with Gasteiger partial charge < -0.3 is 10.0 Å². The van der Waals surface area contributed by atoms with Crippen LogP contribution >= 0.6 is 0 Å². The lowest BCUT2D eigenvalue weighted by Gasteiger charge is -2.23. The van der Waals surface area contributed by atoms with Crippen molar-refractivity contribution in [2.75, 3.05) is 18.0 Å². The third-order valence-corrected chi connectivity index (χ3v) is 3.64. The highest BCUT2D eigenvalue weighted by Crippen LogP contribution is 2.27. The van der Waals surface area contributed by atoms with Crippen LogP contribution in [0.2, 0.25) is 0 Å². The number of aryl methyl sites for hydroxylation is 1. The molecule has 1 aliphatic heterocycles. The molecule has 0 spiro atoms. The topological polar surface area (TPSA) is 79.5 Å². The number of rotatable bonds is 2. The molecule has 0 bridgehead atoms. The van der Waals surface area contributed by atoms with Crippen LogP contribution in [0.25, 0.3) is 0 Å². The van der Waals surface area contributed by atoms with E-state index in [9.17, 15) is 15.2 Å². The van der Waals surface area contributed by atoms with Gasteiger partial charge in [0.25, 0.3) is 5.69 Å². The maximum Gasteiger partial charge on any atom is 0.277 e. The second-order valence-electron chi connectivity index (χ2n) is 5.42. The van der Waals surface area contributed by atoms with Gasteiger partial charge in [-0.05, 0) is 33.1 Å². The number of aromatic nitrogens is 1. The van der Waals surface area contributed by atoms with E-state index >= 15 is 0 Å². The Hall–Kier alpha value is -1.69. The van der Waals surface area contributed by atoms with Gasteiger partial charge in [0.15, 0.2) is 0 Å². The second-order valence-corrected chi connectivity index (χ2v) is 5.42. The van der Waals surface area contributed by atoms with E-state index in [4.69, 9.17) is 0 Å². The largest absolute Gasteiger partial charge is 0.390 e. The summed E-state index contributed by atoms with van der Waals surface area (Å²) < 4.78 is 0. The first-order valence-corrected chi connectivity index (χ1v) is 6.47. The van der Waals surface area contributed by atoms with Gasteiger partial charge >= 0.3 is 0 Å². The van der Waals surface area contributed by atoms with Crippen LogP contribution in [0.5, 0.6) is 0 Å². The van der Waals surface area contributed by atoms with Crippen LogP contribution in [0, 0.1) is 17.0 Å². The number of nitrogens with zero attached hydrogens (tertiary/aromatic N) is 3. The van der Waals surface area contributed by atoms with Gasteiger partial charge in [-0.15, -0.1) is 0 Å². The normalized spacial score (nSPS) is 24.1. The number of aliphatic hydroxyl groups is 1. The average Bonchev–Trinajstić information content (AvgIpc) is 2.51. The summed E-state index contributed by atoms with van der Waals surface area (Å²) in [5, 5.41) is 21.0. The summed E-state index contributed by atoms with van der Waals surface area (Å²) in [6.07, 6.45) is 3.79. The van der Waals surface area contributed by atoms with E-state index in [-0.39, 0.29) is 10.6 Å². The Labute approximate surface area is 112 Å². The van der Waals surface area contributed by atoms with E-state index in [1.54, 1.807) is 6.92 Å². The van der Waals surface area contributed by atoms with Gasteiger partial charge in [-0.1, -0.05) is 0 Å². The van der Waals surface area contributed by atoms with Crippen LogP contribution in [-0.2, 0) is 0 Å². The van der Waals surface area contributed by atoms with Crippen molar-refractivity contribution in [3.63, 3.8) is 0 Å². The lowest BCUT2D eigenvalue weighted by molar-refractivity contribution is -0.385. The van der Waals surface area contributed by atoms with Crippen molar-refractivity contribution in [1.82, 2.24) is 4.98 Å². The molecule has 1 aromatic rings. The highest BCUT2D eigenvalue weighted by atomic mass is 16.6. The van der Waals surface area contributed by atoms with Crippen molar-refractivity contribution >= 4 is 11.5 Å². The molecule has 2 heterocycles. The van der Waals surface area contributed by atoms with Gasteiger partial charge in [0, 0.05) is 24.8 Å². The molecule has 1 atom stereocenters. The predicted octanol–water partition coefficient (Wildman–Crippen LogP) is 2.04. The third-order valence-electron chi connectivity index (χ3n) is 3.64. The summed E-state index contributed by atoms with van der Waals surface area (Å²) >= 11 is 0. The molecule has 104 valence electrons. The minimum absolute atomic E-state index is 0.0982. The van der Waals surface area contributed by atoms with E-state index in [1.165, 1.54) is 12.3 Å². The van der Waals surface area contributed by atoms with Crippen LogP contribution < -0.4 is 4.90 Å². The first-order valence-electron chi connectivity index (χ1n) is 6.47. The van der Waals surface area contributed by atoms with E-state index in [0.29, 0.717) is 24.3 Å². The van der Waals surface area contributed by atoms with Gasteiger partial charge in [-0.25, -0.2) is 4.98 Å². The van der Waals surface area contributed by atoms with Crippen LogP contribution in [0.1, 0.15) is 31.7 Å². The summed E-state index contributed by atoms with van der Waals surface area (Å²) in [5.74, 6) is 0.620. The molecule has 0 aromatic carbocycles. The van der Waals surface area contributed by atoms with Crippen LogP contribution in [0.3, 0.4) is 0 Å². The number of anilines is 1. The maximum absolute atomic E-state index is 10.9. The van der Waals surface area contributed by atoms with E-state index in [2.05, 4.69) is 4.98 Å². The molecule has 1 N–H and O–H groups in total. The van der Waals surface area contributed by atoms with Crippen LogP contribution in [0.4, 0.5) is 11.5 Å². The quantitative estimate of drug-likeness (QED) is 0.654. The lowest BCUT2D eigenvalue weighted by Crippen LogP contribution is -2.28. The molecular formula is C13H19N3O3. The molecule has 0 saturated carbocycles. The fraction of sp³-hybridized carbons (Fsp3) is 0.615. The molecule has 1 fully saturated rings. The zero-order chi connectivity index (χ0) is 14.0. The number of hydrogen-bond acceptors (Lipinski definition) is 5. The van der Waals surface area contributed by atoms with Crippen molar-refractivity contribution in [1.29, 1.82) is 0 Å². The van der Waals surface area contributed by atoms with Gasteiger partial charge in [0.05, 0.1) is 16.6 Å². The standard InChI is InChI=1S/C13H19N3O3/c1-10-9-14-12(8-11(10)16(18)19)15-6-3-4-13(2,17)5-7-15/h8-9,17H,3-7H2,1-2H3. The molecule has 1 saturated heterocycles. The molecule has 1 unspecified atom stereocenters. The van der Waals surface area contributed by atoms with E-state index in [1.807, 2.05) is 11.8 Å². The Morgan fingerprint density at radius 2 is 2.21 bits per heavy atom. The van der Waals surface area contributed by atoms with Gasteiger partial charge in [-0.3, -0.25) is 10.1 Å². The number of pyridine rings is 1. The molecule has 1 aromatic heterocycles. The monoisotopic (exact) mass is 265 g/mol. The summed E-state index contributed by atoms with van der Waals surface area (Å²) in [5.41, 5.74) is 0.0161. The minimum Gasteiger partial charge on any atom is -0.390 e. The van der Waals surface area contributed by atoms with Gasteiger partial charge in [0.1, 0.15) is 5.82 Å². The van der Waals surface area contributed by atoms with Crippen LogP contribution in [-0.4, -0.2) is 33.7 Å². The smallest absolute Gasteiger partial charge is 0.277 e. The van der Waals surface area contributed by atoms with Crippen LogP contribution in [0.15, 0.2) is 12.3 Å². The van der Waals surface area contributed by atoms with Gasteiger partial charge in [-0.2, -0.15) is 0 Å². The number of hydrogen-bond donors (Lipinski definition) is 1. The molecule has 19 heavy (non-hydrogen) atoms. The molecule has 6 nitrogen and oxygen atoms in total. The first-order chi connectivity index (χ1) is 8.89. The number of nitro groups is 1. The molecule has 0 radical (unpaired) electrons. The third kappa shape index (κ3) is 3.20. The Bertz CT molecular complexity index is 488. The zero-order valence-electron chi connectivity index (χ0n) is 11.3. The molecule has 2 rings (SSSR count).